The van der Waals surface area contributed by atoms with Crippen molar-refractivity contribution in [3.05, 3.63) is 83.1 Å². The lowest BCUT2D eigenvalue weighted by Crippen LogP contribution is -2.17. The lowest BCUT2D eigenvalue weighted by atomic mass is 10.2. The molecule has 0 bridgehead atoms. The summed E-state index contributed by atoms with van der Waals surface area (Å²) in [5, 5.41) is 4.16. The number of benzene rings is 2. The molecule has 0 amide bonds. The third-order valence-electron chi connectivity index (χ3n) is 4.22. The molecule has 136 valence electrons. The van der Waals surface area contributed by atoms with Gasteiger partial charge in [0.1, 0.15) is 6.61 Å². The van der Waals surface area contributed by atoms with Gasteiger partial charge in [-0.25, -0.2) is 9.48 Å². The van der Waals surface area contributed by atoms with Gasteiger partial charge in [-0.2, -0.15) is 5.10 Å². The first-order valence-electron chi connectivity index (χ1n) is 8.54. The zero-order valence-electron chi connectivity index (χ0n) is 14.4. The van der Waals surface area contributed by atoms with E-state index in [1.54, 1.807) is 29.1 Å². The maximum absolute atomic E-state index is 12.0. The van der Waals surface area contributed by atoms with Gasteiger partial charge in [-0.05, 0) is 35.9 Å². The average Bonchev–Trinajstić information content (AvgIpc) is 3.33. The monoisotopic (exact) mass is 363 g/mol. The van der Waals surface area contributed by atoms with E-state index in [2.05, 4.69) is 5.10 Å². The second kappa shape index (κ2) is 7.33. The van der Waals surface area contributed by atoms with Crippen LogP contribution in [0.1, 0.15) is 12.0 Å². The quantitative estimate of drug-likeness (QED) is 0.492. The fraction of sp³-hybridized carbons (Fsp3) is 0.150. The van der Waals surface area contributed by atoms with Gasteiger partial charge in [0, 0.05) is 18.9 Å². The second-order valence-electron chi connectivity index (χ2n) is 6.02. The van der Waals surface area contributed by atoms with Gasteiger partial charge in [0.15, 0.2) is 5.58 Å². The van der Waals surface area contributed by atoms with Crippen LogP contribution in [0, 0.1) is 0 Å². The summed E-state index contributed by atoms with van der Waals surface area (Å²) in [6.45, 7) is 0.395. The highest BCUT2D eigenvalue weighted by Gasteiger charge is 2.11. The molecular formula is C20H17N3O4. The third kappa shape index (κ3) is 3.67. The van der Waals surface area contributed by atoms with Crippen molar-refractivity contribution >= 4 is 17.1 Å². The highest BCUT2D eigenvalue weighted by molar-refractivity contribution is 5.73. The number of aryl methyl sites for hydroxylation is 1. The van der Waals surface area contributed by atoms with Crippen molar-refractivity contribution in [3.63, 3.8) is 0 Å². The van der Waals surface area contributed by atoms with Crippen LogP contribution in [0.25, 0.3) is 16.8 Å². The molecule has 4 rings (SSSR count). The van der Waals surface area contributed by atoms with E-state index >= 15 is 0 Å². The molecule has 7 heteroatoms. The Balaban J connectivity index is 1.33. The molecule has 0 aliphatic rings. The number of ether oxygens (including phenoxy) is 1. The Morgan fingerprint density at radius 1 is 1.07 bits per heavy atom. The van der Waals surface area contributed by atoms with E-state index in [1.807, 2.05) is 42.6 Å². The van der Waals surface area contributed by atoms with Crippen LogP contribution < -0.4 is 5.76 Å². The number of para-hydroxylation sites is 2. The van der Waals surface area contributed by atoms with Crippen molar-refractivity contribution in [2.45, 2.75) is 19.6 Å². The Bertz CT molecular complexity index is 1110. The number of hydrogen-bond donors (Lipinski definition) is 0. The molecular weight excluding hydrogens is 346 g/mol. The van der Waals surface area contributed by atoms with Gasteiger partial charge in [0.05, 0.1) is 17.6 Å². The summed E-state index contributed by atoms with van der Waals surface area (Å²) in [6, 6.07) is 16.6. The predicted octanol–water partition coefficient (Wildman–Crippen LogP) is 2.91. The van der Waals surface area contributed by atoms with E-state index in [4.69, 9.17) is 9.15 Å². The molecule has 2 aromatic carbocycles. The molecule has 7 nitrogen and oxygen atoms in total. The first kappa shape index (κ1) is 16.8. The SMILES string of the molecule is O=C(CCn1c(=O)oc2ccccc21)OCc1ccc(-n2cccn2)cc1. The topological polar surface area (TPSA) is 79.3 Å². The Kier molecular flexibility index (Phi) is 4.57. The minimum absolute atomic E-state index is 0.0921. The van der Waals surface area contributed by atoms with Gasteiger partial charge >= 0.3 is 11.7 Å². The van der Waals surface area contributed by atoms with Crippen LogP contribution in [-0.4, -0.2) is 20.3 Å². The molecule has 0 spiro atoms. The van der Waals surface area contributed by atoms with Crippen LogP contribution in [-0.2, 0) is 22.7 Å². The maximum atomic E-state index is 12.0. The van der Waals surface area contributed by atoms with Crippen LogP contribution >= 0.6 is 0 Å². The zero-order chi connectivity index (χ0) is 18.6. The molecule has 4 aromatic rings. The van der Waals surface area contributed by atoms with Gasteiger partial charge in [-0.3, -0.25) is 9.36 Å². The van der Waals surface area contributed by atoms with Gasteiger partial charge in [-0.15, -0.1) is 0 Å². The van der Waals surface area contributed by atoms with Crippen molar-refractivity contribution in [2.24, 2.45) is 0 Å². The summed E-state index contributed by atoms with van der Waals surface area (Å²) in [7, 11) is 0. The fourth-order valence-electron chi connectivity index (χ4n) is 2.83. The van der Waals surface area contributed by atoms with Gasteiger partial charge in [-0.1, -0.05) is 24.3 Å². The summed E-state index contributed by atoms with van der Waals surface area (Å²) in [4.78, 5) is 23.9. The normalized spacial score (nSPS) is 11.0. The first-order chi connectivity index (χ1) is 13.2. The van der Waals surface area contributed by atoms with E-state index in [1.165, 1.54) is 4.57 Å². The number of esters is 1. The van der Waals surface area contributed by atoms with E-state index in [0.29, 0.717) is 11.1 Å². The van der Waals surface area contributed by atoms with Gasteiger partial charge in [0.2, 0.25) is 0 Å². The molecule has 0 N–H and O–H groups in total. The Morgan fingerprint density at radius 3 is 2.67 bits per heavy atom. The van der Waals surface area contributed by atoms with Crippen molar-refractivity contribution in [2.75, 3.05) is 0 Å². The number of fused-ring (bicyclic) bond motifs is 1. The summed E-state index contributed by atoms with van der Waals surface area (Å²) >= 11 is 0. The van der Waals surface area contributed by atoms with Gasteiger partial charge < -0.3 is 9.15 Å². The average molecular weight is 363 g/mol. The largest absolute Gasteiger partial charge is 0.461 e. The molecule has 0 saturated heterocycles. The highest BCUT2D eigenvalue weighted by atomic mass is 16.5. The molecule has 0 radical (unpaired) electrons. The lowest BCUT2D eigenvalue weighted by Gasteiger charge is -2.07. The van der Waals surface area contributed by atoms with Crippen molar-refractivity contribution in [3.8, 4) is 5.69 Å². The van der Waals surface area contributed by atoms with Crippen molar-refractivity contribution in [1.29, 1.82) is 0 Å². The number of rotatable bonds is 6. The smallest absolute Gasteiger partial charge is 0.419 e. The lowest BCUT2D eigenvalue weighted by molar-refractivity contribution is -0.145. The Morgan fingerprint density at radius 2 is 1.89 bits per heavy atom. The minimum Gasteiger partial charge on any atom is -0.461 e. The van der Waals surface area contributed by atoms with Crippen LogP contribution in [0.4, 0.5) is 0 Å². The highest BCUT2D eigenvalue weighted by Crippen LogP contribution is 2.13. The van der Waals surface area contributed by atoms with Crippen LogP contribution in [0.15, 0.2) is 76.2 Å². The summed E-state index contributed by atoms with van der Waals surface area (Å²) in [5.74, 6) is -0.846. The van der Waals surface area contributed by atoms with Crippen LogP contribution in [0.2, 0.25) is 0 Å². The molecule has 0 fully saturated rings. The van der Waals surface area contributed by atoms with E-state index in [9.17, 15) is 9.59 Å². The molecule has 0 unspecified atom stereocenters. The molecule has 2 heterocycles. The molecule has 0 saturated carbocycles. The first-order valence-corrected chi connectivity index (χ1v) is 8.54. The number of carbonyl (C=O) groups is 1. The van der Waals surface area contributed by atoms with Crippen LogP contribution in [0.3, 0.4) is 0 Å². The second-order valence-corrected chi connectivity index (χ2v) is 6.02. The number of oxazole rings is 1. The molecule has 0 aliphatic carbocycles. The molecule has 2 aromatic heterocycles. The standard InChI is InChI=1S/C20H17N3O4/c24-19(10-13-22-17-4-1-2-5-18(17)27-20(22)25)26-14-15-6-8-16(9-7-15)23-12-3-11-21-23/h1-9,11-12H,10,13-14H2. The number of nitrogens with zero attached hydrogens (tertiary/aromatic N) is 3. The molecule has 27 heavy (non-hydrogen) atoms. The maximum Gasteiger partial charge on any atom is 0.419 e. The van der Waals surface area contributed by atoms with E-state index < -0.39 is 5.76 Å². The van der Waals surface area contributed by atoms with E-state index in [0.717, 1.165) is 11.3 Å². The fourth-order valence-corrected chi connectivity index (χ4v) is 2.83. The summed E-state index contributed by atoms with van der Waals surface area (Å²) < 4.78 is 13.6. The van der Waals surface area contributed by atoms with Crippen LogP contribution in [0.5, 0.6) is 0 Å². The Labute approximate surface area is 154 Å². The Hall–Kier alpha value is -3.61. The molecule has 0 atom stereocenters. The summed E-state index contributed by atoms with van der Waals surface area (Å²) in [5.41, 5.74) is 2.99. The number of hydrogen-bond acceptors (Lipinski definition) is 5. The number of aromatic nitrogens is 3. The summed E-state index contributed by atoms with van der Waals surface area (Å²) in [6.07, 6.45) is 3.66. The van der Waals surface area contributed by atoms with E-state index in [-0.39, 0.29) is 25.5 Å². The molecule has 0 aliphatic heterocycles. The predicted molar refractivity (Wildman–Crippen MR) is 98.5 cm³/mol. The number of carbonyl (C=O) groups excluding carboxylic acids is 1. The third-order valence-corrected chi connectivity index (χ3v) is 4.22. The van der Waals surface area contributed by atoms with Crippen molar-refractivity contribution in [1.82, 2.24) is 14.3 Å². The zero-order valence-corrected chi connectivity index (χ0v) is 14.4. The van der Waals surface area contributed by atoms with Crippen molar-refractivity contribution < 1.29 is 13.9 Å². The van der Waals surface area contributed by atoms with Gasteiger partial charge in [0.25, 0.3) is 0 Å². The minimum atomic E-state index is -0.474.